The van der Waals surface area contributed by atoms with Gasteiger partial charge in [-0.15, -0.1) is 0 Å². The number of nitrogens with zero attached hydrogens (tertiary/aromatic N) is 4. The maximum Gasteiger partial charge on any atom is 0.269 e. The summed E-state index contributed by atoms with van der Waals surface area (Å²) in [5.74, 6) is -1.31. The zero-order valence-corrected chi connectivity index (χ0v) is 23.6. The van der Waals surface area contributed by atoms with E-state index in [0.717, 1.165) is 12.6 Å². The minimum Gasteiger partial charge on any atom is -0.300 e. The van der Waals surface area contributed by atoms with E-state index in [1.807, 2.05) is 13.0 Å². The Morgan fingerprint density at radius 2 is 1.50 bits per heavy atom. The van der Waals surface area contributed by atoms with Gasteiger partial charge in [0.15, 0.2) is 0 Å². The fraction of sp³-hybridized carbons (Fsp3) is 0.129. The van der Waals surface area contributed by atoms with Crippen molar-refractivity contribution in [3.8, 4) is 6.07 Å². The van der Waals surface area contributed by atoms with Crippen LogP contribution in [-0.2, 0) is 14.8 Å². The molecule has 0 radical (unpaired) electrons. The Kier molecular flexibility index (Phi) is 8.79. The predicted octanol–water partition coefficient (Wildman–Crippen LogP) is 5.40. The van der Waals surface area contributed by atoms with Crippen LogP contribution in [0.15, 0.2) is 108 Å². The van der Waals surface area contributed by atoms with Gasteiger partial charge < -0.3 is 4.90 Å². The van der Waals surface area contributed by atoms with Crippen LogP contribution in [0, 0.1) is 28.4 Å². The Balaban J connectivity index is 1.82. The number of carbonyl (C=O) groups is 2. The lowest BCUT2D eigenvalue weighted by atomic mass is 9.98. The zero-order valence-electron chi connectivity index (χ0n) is 22.7. The molecule has 0 aliphatic carbocycles. The summed E-state index contributed by atoms with van der Waals surface area (Å²) in [7, 11) is -3.07. The van der Waals surface area contributed by atoms with Gasteiger partial charge in [-0.1, -0.05) is 48.0 Å². The second-order valence-electron chi connectivity index (χ2n) is 9.45. The first-order valence-corrected chi connectivity index (χ1v) is 14.2. The number of non-ortho nitro benzene ring substituents is 1. The van der Waals surface area contributed by atoms with Gasteiger partial charge in [-0.2, -0.15) is 5.26 Å². The van der Waals surface area contributed by atoms with Crippen molar-refractivity contribution in [2.24, 2.45) is 0 Å². The molecule has 0 saturated carbocycles. The molecule has 1 atom stereocenters. The molecule has 0 spiro atoms. The van der Waals surface area contributed by atoms with Crippen LogP contribution in [0.25, 0.3) is 0 Å². The Bertz CT molecular complexity index is 1750. The lowest BCUT2D eigenvalue weighted by molar-refractivity contribution is -0.384. The van der Waals surface area contributed by atoms with Gasteiger partial charge >= 0.3 is 0 Å². The minimum absolute atomic E-state index is 0.0693. The Morgan fingerprint density at radius 1 is 0.905 bits per heavy atom. The third kappa shape index (κ3) is 6.35. The highest BCUT2D eigenvalue weighted by molar-refractivity contribution is 7.89. The molecule has 0 N–H and O–H groups in total. The molecule has 0 heterocycles. The van der Waals surface area contributed by atoms with Crippen molar-refractivity contribution in [3.05, 3.63) is 135 Å². The fourth-order valence-corrected chi connectivity index (χ4v) is 5.47. The number of rotatable bonds is 9. The van der Waals surface area contributed by atoms with Crippen molar-refractivity contribution in [1.82, 2.24) is 4.31 Å². The normalized spacial score (nSPS) is 11.6. The van der Waals surface area contributed by atoms with Crippen LogP contribution in [0.2, 0.25) is 0 Å². The average Bonchev–Trinajstić information content (AvgIpc) is 3.01. The average molecular weight is 583 g/mol. The summed E-state index contributed by atoms with van der Waals surface area (Å²) in [4.78, 5) is 39.6. The number of benzene rings is 4. The first-order valence-electron chi connectivity index (χ1n) is 12.7. The summed E-state index contributed by atoms with van der Waals surface area (Å²) >= 11 is 0. The molecule has 0 aromatic heterocycles. The van der Waals surface area contributed by atoms with Crippen LogP contribution in [-0.4, -0.2) is 36.5 Å². The third-order valence-electron chi connectivity index (χ3n) is 6.71. The molecule has 0 aliphatic rings. The van der Waals surface area contributed by atoms with E-state index >= 15 is 0 Å². The molecule has 4 aromatic rings. The predicted molar refractivity (Wildman–Crippen MR) is 156 cm³/mol. The molecule has 0 aliphatic heterocycles. The smallest absolute Gasteiger partial charge is 0.269 e. The van der Waals surface area contributed by atoms with Gasteiger partial charge in [0.2, 0.25) is 5.91 Å². The molecule has 2 amide bonds. The summed E-state index contributed by atoms with van der Waals surface area (Å²) in [5.41, 5.74) is 1.99. The number of carbonyl (C=O) groups excluding carboxylic acids is 2. The van der Waals surface area contributed by atoms with E-state index < -0.39 is 39.2 Å². The van der Waals surface area contributed by atoms with E-state index in [1.54, 1.807) is 54.6 Å². The molecule has 42 heavy (non-hydrogen) atoms. The molecular formula is C31H26N4O6S. The van der Waals surface area contributed by atoms with Crippen molar-refractivity contribution < 1.29 is 22.9 Å². The number of nitro benzene ring substituents is 1. The molecular weight excluding hydrogens is 556 g/mol. The summed E-state index contributed by atoms with van der Waals surface area (Å²) in [6, 6.07) is 26.8. The second kappa shape index (κ2) is 12.4. The van der Waals surface area contributed by atoms with Crippen molar-refractivity contribution >= 4 is 33.2 Å². The topological polar surface area (TPSA) is 142 Å². The van der Waals surface area contributed by atoms with Gasteiger partial charge in [0.05, 0.1) is 33.9 Å². The molecule has 0 saturated heterocycles. The van der Waals surface area contributed by atoms with E-state index in [9.17, 15) is 33.4 Å². The van der Waals surface area contributed by atoms with Crippen molar-refractivity contribution in [2.75, 3.05) is 11.9 Å². The molecule has 0 unspecified atom stereocenters. The highest BCUT2D eigenvalue weighted by Gasteiger charge is 2.34. The van der Waals surface area contributed by atoms with Crippen LogP contribution in [0.1, 0.15) is 39.5 Å². The van der Waals surface area contributed by atoms with E-state index in [2.05, 4.69) is 0 Å². The van der Waals surface area contributed by atoms with E-state index in [-0.39, 0.29) is 10.6 Å². The van der Waals surface area contributed by atoms with Gasteiger partial charge in [0, 0.05) is 30.4 Å². The largest absolute Gasteiger partial charge is 0.300 e. The number of nitro groups is 1. The summed E-state index contributed by atoms with van der Waals surface area (Å²) in [6.07, 6.45) is -0.474. The maximum atomic E-state index is 14.0. The van der Waals surface area contributed by atoms with Crippen LogP contribution in [0.3, 0.4) is 0 Å². The molecule has 11 heteroatoms. The molecule has 10 nitrogen and oxygen atoms in total. The Labute approximate surface area is 243 Å². The van der Waals surface area contributed by atoms with Crippen LogP contribution in [0.4, 0.5) is 11.4 Å². The number of hydrogen-bond donors (Lipinski definition) is 0. The number of aryl methyl sites for hydroxylation is 1. The van der Waals surface area contributed by atoms with Crippen molar-refractivity contribution in [2.45, 2.75) is 24.3 Å². The van der Waals surface area contributed by atoms with Gasteiger partial charge in [-0.05, 0) is 61.0 Å². The monoisotopic (exact) mass is 582 g/mol. The van der Waals surface area contributed by atoms with E-state index in [4.69, 9.17) is 0 Å². The van der Waals surface area contributed by atoms with Gasteiger partial charge in [0.25, 0.3) is 21.6 Å². The van der Waals surface area contributed by atoms with Gasteiger partial charge in [-0.3, -0.25) is 19.7 Å². The van der Waals surface area contributed by atoms with Crippen LogP contribution >= 0.6 is 0 Å². The summed E-state index contributed by atoms with van der Waals surface area (Å²) in [6.45, 7) is 1.81. The Hall–Kier alpha value is -5.34. The lowest BCUT2D eigenvalue weighted by Crippen LogP contribution is -2.40. The quantitative estimate of drug-likeness (QED) is 0.190. The fourth-order valence-electron chi connectivity index (χ4n) is 4.33. The van der Waals surface area contributed by atoms with Crippen molar-refractivity contribution in [1.29, 1.82) is 5.26 Å². The third-order valence-corrected chi connectivity index (χ3v) is 8.51. The molecule has 212 valence electrons. The summed E-state index contributed by atoms with van der Waals surface area (Å²) < 4.78 is 27.3. The number of sulfonamides is 1. The first kappa shape index (κ1) is 29.6. The van der Waals surface area contributed by atoms with E-state index in [0.29, 0.717) is 26.7 Å². The maximum absolute atomic E-state index is 14.0. The standard InChI is InChI=1S/C31H26N4O6S/c1-22-8-18-28(19-9-22)42(40,41)33(2)30(36)20-29(24-12-16-27(17-13-24)35(38)39)34(26-14-10-23(21-32)11-15-26)31(37)25-6-4-3-5-7-25/h3-19,29H,20H2,1-2H3/t29-/m1/s1. The first-order chi connectivity index (χ1) is 20.0. The SMILES string of the molecule is Cc1ccc(S(=O)(=O)N(C)C(=O)C[C@H](c2ccc([N+](=O)[O-])cc2)N(C(=O)c2ccccc2)c2ccc(C#N)cc2)cc1. The highest BCUT2D eigenvalue weighted by atomic mass is 32.2. The molecule has 4 rings (SSSR count). The van der Waals surface area contributed by atoms with Crippen LogP contribution in [0.5, 0.6) is 0 Å². The summed E-state index contributed by atoms with van der Waals surface area (Å²) in [5, 5.41) is 20.6. The second-order valence-corrected chi connectivity index (χ2v) is 11.4. The minimum atomic E-state index is -4.22. The number of anilines is 1. The van der Waals surface area contributed by atoms with Gasteiger partial charge in [-0.25, -0.2) is 12.7 Å². The zero-order chi connectivity index (χ0) is 30.4. The number of amides is 2. The van der Waals surface area contributed by atoms with Gasteiger partial charge in [0.1, 0.15) is 0 Å². The molecule has 0 bridgehead atoms. The van der Waals surface area contributed by atoms with Crippen molar-refractivity contribution in [3.63, 3.8) is 0 Å². The lowest BCUT2D eigenvalue weighted by Gasteiger charge is -2.33. The van der Waals surface area contributed by atoms with E-state index in [1.165, 1.54) is 53.4 Å². The number of nitriles is 1. The molecule has 4 aromatic carbocycles. The number of hydrogen-bond acceptors (Lipinski definition) is 7. The Morgan fingerprint density at radius 3 is 2.05 bits per heavy atom. The molecule has 0 fully saturated rings. The highest BCUT2D eigenvalue weighted by Crippen LogP contribution is 2.34. The van der Waals surface area contributed by atoms with Crippen LogP contribution < -0.4 is 4.90 Å².